The molecule has 1 amide bonds. The maximum Gasteiger partial charge on any atom is 0.240 e. The maximum atomic E-state index is 12.0. The molecule has 110 valence electrons. The molecule has 0 saturated heterocycles. The number of carbonyl (C=O) groups is 1. The second kappa shape index (κ2) is 7.42. The van der Waals surface area contributed by atoms with Gasteiger partial charge >= 0.3 is 0 Å². The van der Waals surface area contributed by atoms with Crippen LogP contribution in [-0.2, 0) is 14.8 Å². The molecule has 1 aromatic rings. The van der Waals surface area contributed by atoms with E-state index >= 15 is 0 Å². The normalized spacial score (nSPS) is 11.1. The number of nitrogens with one attached hydrogen (secondary N) is 1. The predicted molar refractivity (Wildman–Crippen MR) is 79.1 cm³/mol. The highest BCUT2D eigenvalue weighted by atomic mass is 35.5. The van der Waals surface area contributed by atoms with Crippen LogP contribution in [0.5, 0.6) is 0 Å². The van der Waals surface area contributed by atoms with Crippen molar-refractivity contribution in [3.63, 3.8) is 0 Å². The van der Waals surface area contributed by atoms with Gasteiger partial charge in [-0.15, -0.1) is 6.58 Å². The van der Waals surface area contributed by atoms with Gasteiger partial charge in [0.15, 0.2) is 0 Å². The van der Waals surface area contributed by atoms with Gasteiger partial charge < -0.3 is 4.90 Å². The summed E-state index contributed by atoms with van der Waals surface area (Å²) in [5.74, 6) is -0.129. The van der Waals surface area contributed by atoms with Crippen molar-refractivity contribution < 1.29 is 13.2 Å². The summed E-state index contributed by atoms with van der Waals surface area (Å²) in [4.78, 5) is 12.9. The lowest BCUT2D eigenvalue weighted by Gasteiger charge is -2.19. The zero-order valence-electron chi connectivity index (χ0n) is 11.2. The molecule has 0 fully saturated rings. The van der Waals surface area contributed by atoms with Crippen LogP contribution in [0.4, 0.5) is 0 Å². The van der Waals surface area contributed by atoms with E-state index in [0.717, 1.165) is 0 Å². The lowest BCUT2D eigenvalue weighted by Crippen LogP contribution is -2.37. The quantitative estimate of drug-likeness (QED) is 0.778. The topological polar surface area (TPSA) is 66.5 Å². The zero-order valence-corrected chi connectivity index (χ0v) is 12.7. The fourth-order valence-corrected chi connectivity index (χ4v) is 2.69. The number of halogens is 1. The molecule has 0 bridgehead atoms. The van der Waals surface area contributed by atoms with E-state index in [2.05, 4.69) is 11.3 Å². The molecule has 0 aromatic heterocycles. The van der Waals surface area contributed by atoms with Gasteiger partial charge in [0, 0.05) is 31.6 Å². The van der Waals surface area contributed by atoms with Crippen LogP contribution in [0, 0.1) is 0 Å². The SMILES string of the molecule is C=CCN(CCNS(=O)(=O)c1ccc(Cl)cc1)C(C)=O. The van der Waals surface area contributed by atoms with Crippen LogP contribution in [0.2, 0.25) is 5.02 Å². The smallest absolute Gasteiger partial charge is 0.240 e. The van der Waals surface area contributed by atoms with E-state index in [0.29, 0.717) is 11.6 Å². The first-order valence-electron chi connectivity index (χ1n) is 5.98. The van der Waals surface area contributed by atoms with Gasteiger partial charge in [-0.1, -0.05) is 17.7 Å². The number of rotatable bonds is 7. The summed E-state index contributed by atoms with van der Waals surface area (Å²) < 4.78 is 26.4. The zero-order chi connectivity index (χ0) is 15.2. The number of nitrogens with zero attached hydrogens (tertiary/aromatic N) is 1. The van der Waals surface area contributed by atoms with Crippen molar-refractivity contribution in [3.8, 4) is 0 Å². The van der Waals surface area contributed by atoms with E-state index < -0.39 is 10.0 Å². The first-order valence-corrected chi connectivity index (χ1v) is 7.84. The second-order valence-electron chi connectivity index (χ2n) is 4.11. The standard InChI is InChI=1S/C13H17ClN2O3S/c1-3-9-16(11(2)17)10-8-15-20(18,19)13-6-4-12(14)5-7-13/h3-7,15H,1,8-10H2,2H3. The summed E-state index contributed by atoms with van der Waals surface area (Å²) in [5.41, 5.74) is 0. The van der Waals surface area contributed by atoms with Gasteiger partial charge in [-0.3, -0.25) is 4.79 Å². The van der Waals surface area contributed by atoms with Crippen LogP contribution in [0.25, 0.3) is 0 Å². The minimum Gasteiger partial charge on any atom is -0.338 e. The van der Waals surface area contributed by atoms with Gasteiger partial charge in [0.05, 0.1) is 4.90 Å². The van der Waals surface area contributed by atoms with E-state index in [4.69, 9.17) is 11.6 Å². The molecule has 0 heterocycles. The number of amides is 1. The van der Waals surface area contributed by atoms with Crippen LogP contribution in [0.3, 0.4) is 0 Å². The Bertz CT molecular complexity index is 570. The van der Waals surface area contributed by atoms with Gasteiger partial charge in [0.2, 0.25) is 15.9 Å². The van der Waals surface area contributed by atoms with Gasteiger partial charge in [-0.05, 0) is 24.3 Å². The van der Waals surface area contributed by atoms with E-state index in [1.807, 2.05) is 0 Å². The van der Waals surface area contributed by atoms with Crippen molar-refractivity contribution in [2.45, 2.75) is 11.8 Å². The third-order valence-electron chi connectivity index (χ3n) is 2.59. The molecule has 0 saturated carbocycles. The van der Waals surface area contributed by atoms with Crippen molar-refractivity contribution in [1.29, 1.82) is 0 Å². The van der Waals surface area contributed by atoms with Gasteiger partial charge in [-0.25, -0.2) is 13.1 Å². The Morgan fingerprint density at radius 3 is 2.50 bits per heavy atom. The summed E-state index contributed by atoms with van der Waals surface area (Å²) in [6.45, 7) is 5.79. The summed E-state index contributed by atoms with van der Waals surface area (Å²) >= 11 is 5.71. The minimum atomic E-state index is -3.59. The lowest BCUT2D eigenvalue weighted by atomic mass is 10.4. The molecule has 1 N–H and O–H groups in total. The molecule has 0 atom stereocenters. The van der Waals surface area contributed by atoms with Gasteiger partial charge in [0.25, 0.3) is 0 Å². The number of hydrogen-bond donors (Lipinski definition) is 1. The third-order valence-corrected chi connectivity index (χ3v) is 4.32. The summed E-state index contributed by atoms with van der Waals surface area (Å²) in [7, 11) is -3.59. The molecule has 20 heavy (non-hydrogen) atoms. The molecule has 1 rings (SSSR count). The Morgan fingerprint density at radius 1 is 1.40 bits per heavy atom. The summed E-state index contributed by atoms with van der Waals surface area (Å²) in [6, 6.07) is 5.87. The first kappa shape index (κ1) is 16.7. The molecule has 0 unspecified atom stereocenters. The van der Waals surface area contributed by atoms with Crippen LogP contribution in [-0.4, -0.2) is 38.9 Å². The van der Waals surface area contributed by atoms with Crippen LogP contribution >= 0.6 is 11.6 Å². The summed E-state index contributed by atoms with van der Waals surface area (Å²) in [6.07, 6.45) is 1.59. The molecular weight excluding hydrogens is 300 g/mol. The summed E-state index contributed by atoms with van der Waals surface area (Å²) in [5, 5.41) is 0.470. The van der Waals surface area contributed by atoms with Crippen LogP contribution < -0.4 is 4.72 Å². The molecule has 1 aromatic carbocycles. The molecule has 0 aliphatic heterocycles. The van der Waals surface area contributed by atoms with Crippen molar-refractivity contribution in [2.24, 2.45) is 0 Å². The van der Waals surface area contributed by atoms with E-state index in [-0.39, 0.29) is 23.9 Å². The van der Waals surface area contributed by atoms with E-state index in [9.17, 15) is 13.2 Å². The van der Waals surface area contributed by atoms with Gasteiger partial charge in [-0.2, -0.15) is 0 Å². The van der Waals surface area contributed by atoms with E-state index in [1.165, 1.54) is 36.1 Å². The first-order chi connectivity index (χ1) is 9.36. The predicted octanol–water partition coefficient (Wildman–Crippen LogP) is 1.65. The number of carbonyl (C=O) groups excluding carboxylic acids is 1. The van der Waals surface area contributed by atoms with Crippen molar-refractivity contribution in [3.05, 3.63) is 41.9 Å². The van der Waals surface area contributed by atoms with Crippen molar-refractivity contribution in [1.82, 2.24) is 9.62 Å². The largest absolute Gasteiger partial charge is 0.338 e. The monoisotopic (exact) mass is 316 g/mol. The van der Waals surface area contributed by atoms with Crippen LogP contribution in [0.1, 0.15) is 6.92 Å². The Morgan fingerprint density at radius 2 is 2.00 bits per heavy atom. The Labute approximate surface area is 124 Å². The Balaban J connectivity index is 2.61. The minimum absolute atomic E-state index is 0.129. The van der Waals surface area contributed by atoms with Gasteiger partial charge in [0.1, 0.15) is 0 Å². The molecule has 0 aliphatic carbocycles. The molecule has 7 heteroatoms. The van der Waals surface area contributed by atoms with Crippen molar-refractivity contribution in [2.75, 3.05) is 19.6 Å². The molecule has 5 nitrogen and oxygen atoms in total. The highest BCUT2D eigenvalue weighted by molar-refractivity contribution is 7.89. The third kappa shape index (κ3) is 4.96. The number of hydrogen-bond acceptors (Lipinski definition) is 3. The molecule has 0 aliphatic rings. The highest BCUT2D eigenvalue weighted by Gasteiger charge is 2.14. The Kier molecular flexibility index (Phi) is 6.19. The second-order valence-corrected chi connectivity index (χ2v) is 6.31. The molecule has 0 radical (unpaired) electrons. The number of sulfonamides is 1. The average Bonchev–Trinajstić information content (AvgIpc) is 2.38. The average molecular weight is 317 g/mol. The number of benzene rings is 1. The Hall–Kier alpha value is -1.37. The van der Waals surface area contributed by atoms with Crippen LogP contribution in [0.15, 0.2) is 41.8 Å². The fraction of sp³-hybridized carbons (Fsp3) is 0.308. The maximum absolute atomic E-state index is 12.0. The van der Waals surface area contributed by atoms with E-state index in [1.54, 1.807) is 6.08 Å². The highest BCUT2D eigenvalue weighted by Crippen LogP contribution is 2.13. The lowest BCUT2D eigenvalue weighted by molar-refractivity contribution is -0.128. The molecule has 0 spiro atoms. The van der Waals surface area contributed by atoms with Crippen molar-refractivity contribution >= 4 is 27.5 Å². The molecular formula is C13H17ClN2O3S. The fourth-order valence-electron chi connectivity index (χ4n) is 1.55.